The highest BCUT2D eigenvalue weighted by Crippen LogP contribution is 2.49. The van der Waals surface area contributed by atoms with E-state index in [9.17, 15) is 0 Å². The number of benzene rings is 10. The Morgan fingerprint density at radius 3 is 1.60 bits per heavy atom. The third-order valence-electron chi connectivity index (χ3n) is 13.5. The van der Waals surface area contributed by atoms with Gasteiger partial charge in [0.05, 0.1) is 33.3 Å². The fraction of sp³-hybridized carbons (Fsp3) is 0. The maximum absolute atomic E-state index is 5.70. The van der Waals surface area contributed by atoms with E-state index in [0.29, 0.717) is 5.95 Å². The summed E-state index contributed by atoms with van der Waals surface area (Å²) in [5.74, 6) is 0.640. The van der Waals surface area contributed by atoms with Gasteiger partial charge >= 0.3 is 0 Å². The summed E-state index contributed by atoms with van der Waals surface area (Å²) in [4.78, 5) is 12.5. The average Bonchev–Trinajstić information content (AvgIpc) is 4.06. The fourth-order valence-electron chi connectivity index (χ4n) is 10.5. The molecule has 14 aromatic rings. The number of aromatic nitrogens is 4. The van der Waals surface area contributed by atoms with E-state index < -0.39 is 0 Å². The number of nitrogens with zero attached hydrogens (tertiary/aromatic N) is 4. The van der Waals surface area contributed by atoms with Gasteiger partial charge in [-0.05, 0) is 81.6 Å². The molecule has 0 saturated heterocycles. The topological polar surface area (TPSA) is 35.6 Å². The molecule has 10 aromatic carbocycles. The molecule has 4 aromatic heterocycles. The van der Waals surface area contributed by atoms with Crippen LogP contribution < -0.4 is 0 Å². The van der Waals surface area contributed by atoms with Crippen LogP contribution in [0.3, 0.4) is 0 Å². The number of thiophene rings is 1. The first-order valence-electron chi connectivity index (χ1n) is 22.7. The van der Waals surface area contributed by atoms with Crippen LogP contribution in [0, 0.1) is 0 Å². The molecule has 0 aliphatic rings. The summed E-state index contributed by atoms with van der Waals surface area (Å²) in [6, 6.07) is 83.1. The fourth-order valence-corrected chi connectivity index (χ4v) is 11.8. The molecule has 5 heteroatoms. The van der Waals surface area contributed by atoms with Crippen molar-refractivity contribution >= 4 is 86.7 Å². The highest BCUT2D eigenvalue weighted by atomic mass is 32.1. The van der Waals surface area contributed by atoms with Crippen molar-refractivity contribution < 1.29 is 0 Å². The molecule has 67 heavy (non-hydrogen) atoms. The molecule has 14 rings (SSSR count). The van der Waals surface area contributed by atoms with Gasteiger partial charge in [0.1, 0.15) is 0 Å². The van der Waals surface area contributed by atoms with Crippen LogP contribution in [0.4, 0.5) is 0 Å². The Morgan fingerprint density at radius 2 is 0.881 bits per heavy atom. The Kier molecular flexibility index (Phi) is 8.42. The Hall–Kier alpha value is -8.64. The van der Waals surface area contributed by atoms with Gasteiger partial charge in [0, 0.05) is 58.7 Å². The largest absolute Gasteiger partial charge is 0.309 e. The van der Waals surface area contributed by atoms with Crippen molar-refractivity contribution in [2.75, 3.05) is 0 Å². The van der Waals surface area contributed by atoms with E-state index in [4.69, 9.17) is 9.97 Å². The van der Waals surface area contributed by atoms with Crippen LogP contribution in [0.5, 0.6) is 0 Å². The van der Waals surface area contributed by atoms with E-state index >= 15 is 0 Å². The molecule has 0 spiro atoms. The predicted octanol–water partition coefficient (Wildman–Crippen LogP) is 16.9. The minimum atomic E-state index is 0.640. The molecule has 0 atom stereocenters. The molecule has 0 radical (unpaired) electrons. The zero-order valence-corrected chi connectivity index (χ0v) is 37.0. The SMILES string of the molecule is c1ccc(-c2sc3c(ccc4nc(-n5c6cc(-c7ccc8c9ccccc9n(-c9ccccc9)c8c7)ccc6c6cc7ccccc7cc65)nc(-c5ccccc5)c43)c2-c2ccccc2)cc1. The summed E-state index contributed by atoms with van der Waals surface area (Å²) in [7, 11) is 0. The molecule has 0 aliphatic heterocycles. The second kappa shape index (κ2) is 15.0. The van der Waals surface area contributed by atoms with Crippen LogP contribution in [0.15, 0.2) is 231 Å². The second-order valence-corrected chi connectivity index (χ2v) is 18.3. The molecule has 312 valence electrons. The summed E-state index contributed by atoms with van der Waals surface area (Å²) in [5.41, 5.74) is 14.4. The van der Waals surface area contributed by atoms with Crippen LogP contribution in [0.2, 0.25) is 0 Å². The number of fused-ring (bicyclic) bond motifs is 10. The first-order valence-corrected chi connectivity index (χ1v) is 23.5. The third kappa shape index (κ3) is 5.92. The van der Waals surface area contributed by atoms with Crippen LogP contribution in [0.1, 0.15) is 0 Å². The van der Waals surface area contributed by atoms with Crippen molar-refractivity contribution in [2.45, 2.75) is 0 Å². The van der Waals surface area contributed by atoms with Gasteiger partial charge in [-0.2, -0.15) is 0 Å². The predicted molar refractivity (Wildman–Crippen MR) is 283 cm³/mol. The number of hydrogen-bond acceptors (Lipinski definition) is 3. The summed E-state index contributed by atoms with van der Waals surface area (Å²) in [6.07, 6.45) is 0. The van der Waals surface area contributed by atoms with Gasteiger partial charge in [-0.15, -0.1) is 11.3 Å². The molecular formula is C62H38N4S. The number of hydrogen-bond donors (Lipinski definition) is 0. The summed E-state index contributed by atoms with van der Waals surface area (Å²) >= 11 is 1.83. The first-order chi connectivity index (χ1) is 33.2. The Bertz CT molecular complexity index is 4240. The highest BCUT2D eigenvalue weighted by molar-refractivity contribution is 7.24. The monoisotopic (exact) mass is 870 g/mol. The molecule has 4 nitrogen and oxygen atoms in total. The lowest BCUT2D eigenvalue weighted by molar-refractivity contribution is 1.02. The molecule has 0 fully saturated rings. The lowest BCUT2D eigenvalue weighted by Crippen LogP contribution is -2.03. The maximum atomic E-state index is 5.70. The van der Waals surface area contributed by atoms with Gasteiger partial charge in [-0.1, -0.05) is 182 Å². The van der Waals surface area contributed by atoms with Gasteiger partial charge in [0.25, 0.3) is 0 Å². The first kappa shape index (κ1) is 37.7. The van der Waals surface area contributed by atoms with Crippen molar-refractivity contribution in [1.82, 2.24) is 19.1 Å². The molecule has 0 bridgehead atoms. The van der Waals surface area contributed by atoms with Crippen molar-refractivity contribution in [3.05, 3.63) is 231 Å². The van der Waals surface area contributed by atoms with Crippen LogP contribution in [-0.4, -0.2) is 19.1 Å². The normalized spacial score (nSPS) is 11.9. The molecule has 0 N–H and O–H groups in total. The molecule has 0 unspecified atom stereocenters. The van der Waals surface area contributed by atoms with Crippen molar-refractivity contribution in [3.8, 4) is 55.6 Å². The van der Waals surface area contributed by atoms with Gasteiger partial charge in [-0.3, -0.25) is 4.57 Å². The zero-order chi connectivity index (χ0) is 44.0. The van der Waals surface area contributed by atoms with Crippen molar-refractivity contribution in [1.29, 1.82) is 0 Å². The molecule has 4 heterocycles. The molecule has 0 amide bonds. The molecule has 0 aliphatic carbocycles. The van der Waals surface area contributed by atoms with Gasteiger partial charge in [0.2, 0.25) is 5.95 Å². The maximum Gasteiger partial charge on any atom is 0.235 e. The van der Waals surface area contributed by atoms with Gasteiger partial charge in [-0.25, -0.2) is 9.97 Å². The third-order valence-corrected chi connectivity index (χ3v) is 14.8. The van der Waals surface area contributed by atoms with Crippen molar-refractivity contribution in [2.24, 2.45) is 0 Å². The summed E-state index contributed by atoms with van der Waals surface area (Å²) < 4.78 is 5.87. The summed E-state index contributed by atoms with van der Waals surface area (Å²) in [5, 5.41) is 9.43. The standard InChI is InChI=1S/C62H38N4S/c1-5-17-39(18-6-1)57-50-33-34-52-58(61(50)67-60(57)41-21-9-3-10-22-41)59(40-19-7-2-8-20-40)64-62(63-52)66-55-38-45(30-32-49(55)51-35-42-23-13-14-24-43(42)36-56(51)66)44-29-31-48-47-27-15-16-28-53(47)65(54(48)37-44)46-25-11-4-12-26-46/h1-38H. The van der Waals surface area contributed by atoms with Crippen molar-refractivity contribution in [3.63, 3.8) is 0 Å². The zero-order valence-electron chi connectivity index (χ0n) is 36.1. The highest BCUT2D eigenvalue weighted by Gasteiger charge is 2.24. The van der Waals surface area contributed by atoms with Crippen LogP contribution >= 0.6 is 11.3 Å². The van der Waals surface area contributed by atoms with E-state index in [1.54, 1.807) is 0 Å². The van der Waals surface area contributed by atoms with Crippen LogP contribution in [-0.2, 0) is 0 Å². The van der Waals surface area contributed by atoms with Gasteiger partial charge in [0.15, 0.2) is 0 Å². The lowest BCUT2D eigenvalue weighted by Gasteiger charge is -2.13. The van der Waals surface area contributed by atoms with E-state index in [1.165, 1.54) is 69.6 Å². The Balaban J connectivity index is 1.05. The smallest absolute Gasteiger partial charge is 0.235 e. The quantitative estimate of drug-likeness (QED) is 0.167. The number of para-hydroxylation sites is 2. The Labute approximate surface area is 389 Å². The van der Waals surface area contributed by atoms with Crippen LogP contribution in [0.25, 0.3) is 131 Å². The lowest BCUT2D eigenvalue weighted by atomic mass is 9.97. The van der Waals surface area contributed by atoms with E-state index in [-0.39, 0.29) is 0 Å². The minimum Gasteiger partial charge on any atom is -0.309 e. The average molecular weight is 871 g/mol. The Morgan fingerprint density at radius 1 is 0.343 bits per heavy atom. The van der Waals surface area contributed by atoms with E-state index in [2.05, 4.69) is 240 Å². The minimum absolute atomic E-state index is 0.640. The summed E-state index contributed by atoms with van der Waals surface area (Å²) in [6.45, 7) is 0. The number of rotatable bonds is 6. The van der Waals surface area contributed by atoms with E-state index in [1.807, 2.05) is 11.3 Å². The molecule has 0 saturated carbocycles. The molecular weight excluding hydrogens is 833 g/mol. The second-order valence-electron chi connectivity index (χ2n) is 17.3. The van der Waals surface area contributed by atoms with E-state index in [0.717, 1.165) is 55.4 Å². The van der Waals surface area contributed by atoms with Gasteiger partial charge < -0.3 is 4.57 Å².